The van der Waals surface area contributed by atoms with Crippen molar-refractivity contribution >= 4 is 0 Å². The summed E-state index contributed by atoms with van der Waals surface area (Å²) in [5.74, 6) is -3.95. The van der Waals surface area contributed by atoms with Crippen molar-refractivity contribution < 1.29 is 18.3 Å². The lowest BCUT2D eigenvalue weighted by atomic mass is 10.0. The van der Waals surface area contributed by atoms with Gasteiger partial charge in [0.2, 0.25) is 0 Å². The summed E-state index contributed by atoms with van der Waals surface area (Å²) in [5, 5.41) is 12.6. The van der Waals surface area contributed by atoms with Gasteiger partial charge in [-0.25, -0.2) is 13.2 Å². The van der Waals surface area contributed by atoms with Gasteiger partial charge in [-0.15, -0.1) is 0 Å². The van der Waals surface area contributed by atoms with E-state index >= 15 is 0 Å². The van der Waals surface area contributed by atoms with Crippen LogP contribution in [0.4, 0.5) is 13.2 Å². The van der Waals surface area contributed by atoms with Crippen molar-refractivity contribution in [1.29, 1.82) is 0 Å². The van der Waals surface area contributed by atoms with Gasteiger partial charge < -0.3 is 15.3 Å². The minimum Gasteiger partial charge on any atom is -0.394 e. The highest BCUT2D eigenvalue weighted by Crippen LogP contribution is 2.21. The fourth-order valence-corrected chi connectivity index (χ4v) is 2.49. The molecular formula is C14H19F3N2O. The molecule has 0 spiro atoms. The fourth-order valence-electron chi connectivity index (χ4n) is 2.49. The first-order valence-electron chi connectivity index (χ1n) is 6.71. The summed E-state index contributed by atoms with van der Waals surface area (Å²) in [4.78, 5) is 2.20. The number of nitrogens with zero attached hydrogens (tertiary/aromatic N) is 1. The molecule has 0 aliphatic carbocycles. The van der Waals surface area contributed by atoms with Crippen LogP contribution >= 0.6 is 0 Å². The highest BCUT2D eigenvalue weighted by atomic mass is 19.2. The second-order valence-electron chi connectivity index (χ2n) is 5.28. The number of likely N-dealkylation sites (tertiary alicyclic amines) is 1. The van der Waals surface area contributed by atoms with Gasteiger partial charge in [0.1, 0.15) is 0 Å². The van der Waals surface area contributed by atoms with Crippen LogP contribution in [0.3, 0.4) is 0 Å². The molecule has 2 N–H and O–H groups in total. The molecule has 112 valence electrons. The molecule has 1 aromatic rings. The van der Waals surface area contributed by atoms with Crippen LogP contribution in [0.5, 0.6) is 0 Å². The summed E-state index contributed by atoms with van der Waals surface area (Å²) in [6, 6.07) is 1.45. The van der Waals surface area contributed by atoms with E-state index in [0.29, 0.717) is 0 Å². The first kappa shape index (κ1) is 15.3. The number of aliphatic hydroxyl groups is 1. The Hall–Kier alpha value is -1.11. The monoisotopic (exact) mass is 288 g/mol. The summed E-state index contributed by atoms with van der Waals surface area (Å²) in [6.07, 6.45) is 1.80. The second-order valence-corrected chi connectivity index (χ2v) is 5.28. The van der Waals surface area contributed by atoms with E-state index in [4.69, 9.17) is 0 Å². The maximum Gasteiger partial charge on any atom is 0.194 e. The van der Waals surface area contributed by atoms with Gasteiger partial charge in [0.15, 0.2) is 17.5 Å². The molecule has 1 atom stereocenters. The van der Waals surface area contributed by atoms with Crippen molar-refractivity contribution in [2.75, 3.05) is 26.7 Å². The average Bonchev–Trinajstić information content (AvgIpc) is 2.43. The zero-order valence-corrected chi connectivity index (χ0v) is 11.4. The molecule has 1 saturated heterocycles. The molecule has 1 aliphatic heterocycles. The normalized spacial score (nSPS) is 19.2. The quantitative estimate of drug-likeness (QED) is 0.830. The lowest BCUT2D eigenvalue weighted by molar-refractivity contribution is 0.190. The summed E-state index contributed by atoms with van der Waals surface area (Å²) < 4.78 is 39.4. The molecule has 1 fully saturated rings. The summed E-state index contributed by atoms with van der Waals surface area (Å²) in [5.41, 5.74) is 0.225. The third kappa shape index (κ3) is 3.50. The maximum absolute atomic E-state index is 13.2. The van der Waals surface area contributed by atoms with E-state index in [1.807, 2.05) is 7.05 Å². The smallest absolute Gasteiger partial charge is 0.194 e. The predicted octanol–water partition coefficient (Wildman–Crippen LogP) is 1.82. The molecule has 1 heterocycles. The number of halogens is 3. The number of nitrogens with one attached hydrogen (secondary N) is 1. The van der Waals surface area contributed by atoms with E-state index in [1.165, 1.54) is 0 Å². The van der Waals surface area contributed by atoms with Gasteiger partial charge in [-0.2, -0.15) is 0 Å². The van der Waals surface area contributed by atoms with Crippen LogP contribution in [0.2, 0.25) is 0 Å². The molecule has 3 nitrogen and oxygen atoms in total. The third-order valence-electron chi connectivity index (χ3n) is 3.75. The van der Waals surface area contributed by atoms with Crippen molar-refractivity contribution in [3.05, 3.63) is 35.1 Å². The largest absolute Gasteiger partial charge is 0.394 e. The van der Waals surface area contributed by atoms with Gasteiger partial charge in [-0.1, -0.05) is 0 Å². The van der Waals surface area contributed by atoms with E-state index in [-0.39, 0.29) is 18.2 Å². The molecule has 0 radical (unpaired) electrons. The van der Waals surface area contributed by atoms with Crippen LogP contribution in [-0.2, 0) is 0 Å². The topological polar surface area (TPSA) is 35.5 Å². The van der Waals surface area contributed by atoms with Crippen molar-refractivity contribution in [2.45, 2.75) is 24.9 Å². The van der Waals surface area contributed by atoms with Gasteiger partial charge >= 0.3 is 0 Å². The molecule has 1 aliphatic rings. The number of benzene rings is 1. The van der Waals surface area contributed by atoms with Crippen LogP contribution in [0.25, 0.3) is 0 Å². The van der Waals surface area contributed by atoms with Crippen LogP contribution in [0, 0.1) is 17.5 Å². The minimum atomic E-state index is -1.48. The Bertz CT molecular complexity index is 439. The van der Waals surface area contributed by atoms with E-state index < -0.39 is 23.5 Å². The van der Waals surface area contributed by atoms with E-state index in [9.17, 15) is 18.3 Å². The van der Waals surface area contributed by atoms with Gasteiger partial charge in [-0.3, -0.25) is 0 Å². The molecule has 1 unspecified atom stereocenters. The summed E-state index contributed by atoms with van der Waals surface area (Å²) in [7, 11) is 2.03. The standard InChI is InChI=1S/C14H19F3N2O/c1-19-4-2-10(3-5-19)18-13(8-20)9-6-11(15)14(17)12(16)7-9/h6-7,10,13,18,20H,2-5,8H2,1H3. The second kappa shape index (κ2) is 6.56. The number of piperidine rings is 1. The summed E-state index contributed by atoms with van der Waals surface area (Å²) in [6.45, 7) is 1.57. The number of hydrogen-bond acceptors (Lipinski definition) is 3. The Morgan fingerprint density at radius 1 is 1.25 bits per heavy atom. The number of hydrogen-bond donors (Lipinski definition) is 2. The lowest BCUT2D eigenvalue weighted by Gasteiger charge is -2.32. The van der Waals surface area contributed by atoms with Crippen LogP contribution in [0.15, 0.2) is 12.1 Å². The molecule has 20 heavy (non-hydrogen) atoms. The highest BCUT2D eigenvalue weighted by molar-refractivity contribution is 5.23. The SMILES string of the molecule is CN1CCC(NC(CO)c2cc(F)c(F)c(F)c2)CC1. The molecule has 0 saturated carbocycles. The molecule has 0 amide bonds. The van der Waals surface area contributed by atoms with Crippen LogP contribution < -0.4 is 5.32 Å². The molecule has 6 heteroatoms. The van der Waals surface area contributed by atoms with E-state index in [1.54, 1.807) is 0 Å². The molecule has 2 rings (SSSR count). The Kier molecular flexibility index (Phi) is 5.01. The van der Waals surface area contributed by atoms with Crippen molar-refractivity contribution in [1.82, 2.24) is 10.2 Å². The van der Waals surface area contributed by atoms with Gasteiger partial charge in [0.25, 0.3) is 0 Å². The zero-order valence-electron chi connectivity index (χ0n) is 11.4. The Balaban J connectivity index is 2.08. The van der Waals surface area contributed by atoms with E-state index in [2.05, 4.69) is 10.2 Å². The van der Waals surface area contributed by atoms with Crippen molar-refractivity contribution in [2.24, 2.45) is 0 Å². The number of aliphatic hydroxyl groups excluding tert-OH is 1. The molecular weight excluding hydrogens is 269 g/mol. The first-order valence-corrected chi connectivity index (χ1v) is 6.71. The van der Waals surface area contributed by atoms with Crippen molar-refractivity contribution in [3.63, 3.8) is 0 Å². The summed E-state index contributed by atoms with van der Waals surface area (Å²) >= 11 is 0. The average molecular weight is 288 g/mol. The lowest BCUT2D eigenvalue weighted by Crippen LogP contribution is -2.43. The third-order valence-corrected chi connectivity index (χ3v) is 3.75. The minimum absolute atomic E-state index is 0.180. The Labute approximate surface area is 116 Å². The molecule has 1 aromatic carbocycles. The van der Waals surface area contributed by atoms with E-state index in [0.717, 1.165) is 38.1 Å². The van der Waals surface area contributed by atoms with Crippen molar-refractivity contribution in [3.8, 4) is 0 Å². The van der Waals surface area contributed by atoms with Gasteiger partial charge in [0.05, 0.1) is 12.6 Å². The number of rotatable bonds is 4. The predicted molar refractivity (Wildman–Crippen MR) is 69.8 cm³/mol. The Morgan fingerprint density at radius 2 is 1.80 bits per heavy atom. The highest BCUT2D eigenvalue weighted by Gasteiger charge is 2.22. The molecule has 0 bridgehead atoms. The van der Waals surface area contributed by atoms with Gasteiger partial charge in [0, 0.05) is 6.04 Å². The van der Waals surface area contributed by atoms with Gasteiger partial charge in [-0.05, 0) is 50.7 Å². The first-order chi connectivity index (χ1) is 9.51. The van der Waals surface area contributed by atoms with Crippen LogP contribution in [-0.4, -0.2) is 42.8 Å². The fraction of sp³-hybridized carbons (Fsp3) is 0.571. The Morgan fingerprint density at radius 3 is 2.30 bits per heavy atom. The molecule has 0 aromatic heterocycles. The maximum atomic E-state index is 13.2. The zero-order chi connectivity index (χ0) is 14.7. The van der Waals surface area contributed by atoms with Crippen LogP contribution in [0.1, 0.15) is 24.4 Å².